The van der Waals surface area contributed by atoms with E-state index in [1.54, 1.807) is 6.07 Å². The molecule has 7 heteroatoms. The Hall–Kier alpha value is -2.83. The van der Waals surface area contributed by atoms with Crippen molar-refractivity contribution in [1.29, 1.82) is 0 Å². The Morgan fingerprint density at radius 1 is 1.17 bits per heavy atom. The number of nitrogens with zero attached hydrogens (tertiary/aromatic N) is 1. The van der Waals surface area contributed by atoms with E-state index in [1.165, 1.54) is 31.4 Å². The normalized spacial score (nSPS) is 11.7. The Morgan fingerprint density at radius 3 is 2.65 bits per heavy atom. The van der Waals surface area contributed by atoms with Crippen LogP contribution in [0.1, 0.15) is 15.9 Å². The van der Waals surface area contributed by atoms with Crippen LogP contribution in [0.5, 0.6) is 0 Å². The summed E-state index contributed by atoms with van der Waals surface area (Å²) in [5, 5.41) is 0. The average molecular weight is 321 g/mol. The van der Waals surface area contributed by atoms with Crippen LogP contribution < -0.4 is 0 Å². The third-order valence-electron chi connectivity index (χ3n) is 3.25. The maximum atomic E-state index is 12.8. The first kappa shape index (κ1) is 15.1. The molecule has 1 heterocycles. The van der Waals surface area contributed by atoms with Crippen molar-refractivity contribution in [1.82, 2.24) is 4.98 Å². The summed E-state index contributed by atoms with van der Waals surface area (Å²) >= 11 is 0. The predicted octanol–water partition coefficient (Wildman–Crippen LogP) is 4.30. The topological polar surface area (TPSA) is 52.3 Å². The number of benzene rings is 2. The highest BCUT2D eigenvalue weighted by molar-refractivity contribution is 5.93. The lowest BCUT2D eigenvalue weighted by Gasteiger charge is -2.06. The molecule has 0 unspecified atom stereocenters. The van der Waals surface area contributed by atoms with Gasteiger partial charge in [-0.2, -0.15) is 13.2 Å². The maximum Gasteiger partial charge on any atom is 0.416 e. The van der Waals surface area contributed by atoms with Crippen molar-refractivity contribution in [3.05, 3.63) is 53.6 Å². The molecule has 4 nitrogen and oxygen atoms in total. The fourth-order valence-corrected chi connectivity index (χ4v) is 2.12. The molecule has 0 atom stereocenters. The molecule has 0 aliphatic heterocycles. The Balaban J connectivity index is 2.05. The van der Waals surface area contributed by atoms with E-state index in [9.17, 15) is 18.0 Å². The smallest absolute Gasteiger partial charge is 0.416 e. The molecule has 3 aromatic rings. The molecule has 0 bridgehead atoms. The summed E-state index contributed by atoms with van der Waals surface area (Å²) in [6.45, 7) is 0. The molecule has 0 fully saturated rings. The van der Waals surface area contributed by atoms with Gasteiger partial charge in [0.2, 0.25) is 5.89 Å². The average Bonchev–Trinajstić information content (AvgIpc) is 2.96. The number of carbonyl (C=O) groups excluding carboxylic acids is 1. The second-order valence-corrected chi connectivity index (χ2v) is 4.77. The standard InChI is InChI=1S/C16H10F3NO3/c1-22-15(21)10-5-6-12-13(8-10)23-14(20-12)9-3-2-4-11(7-9)16(17,18)19/h2-8H,1H3. The van der Waals surface area contributed by atoms with Crippen molar-refractivity contribution >= 4 is 17.1 Å². The van der Waals surface area contributed by atoms with E-state index in [1.807, 2.05) is 0 Å². The van der Waals surface area contributed by atoms with E-state index in [-0.39, 0.29) is 17.0 Å². The summed E-state index contributed by atoms with van der Waals surface area (Å²) in [5.74, 6) is -0.489. The minimum atomic E-state index is -4.44. The van der Waals surface area contributed by atoms with Crippen molar-refractivity contribution in [2.45, 2.75) is 6.18 Å². The number of hydrogen-bond donors (Lipinski definition) is 0. The van der Waals surface area contributed by atoms with Gasteiger partial charge in [0.15, 0.2) is 5.58 Å². The highest BCUT2D eigenvalue weighted by atomic mass is 19.4. The van der Waals surface area contributed by atoms with Gasteiger partial charge in [-0.3, -0.25) is 0 Å². The molecular formula is C16H10F3NO3. The third kappa shape index (κ3) is 2.90. The Morgan fingerprint density at radius 2 is 1.96 bits per heavy atom. The van der Waals surface area contributed by atoms with Gasteiger partial charge in [-0.15, -0.1) is 0 Å². The molecule has 0 aliphatic rings. The summed E-state index contributed by atoms with van der Waals surface area (Å²) in [5.41, 5.74) is 0.417. The van der Waals surface area contributed by atoms with Crippen LogP contribution in [0.2, 0.25) is 0 Å². The summed E-state index contributed by atoms with van der Waals surface area (Å²) in [7, 11) is 1.25. The molecule has 2 aromatic carbocycles. The third-order valence-corrected chi connectivity index (χ3v) is 3.25. The first-order valence-corrected chi connectivity index (χ1v) is 6.55. The second-order valence-electron chi connectivity index (χ2n) is 4.77. The van der Waals surface area contributed by atoms with E-state index < -0.39 is 17.7 Å². The number of methoxy groups -OCH3 is 1. The van der Waals surface area contributed by atoms with Crippen LogP contribution in [0.15, 0.2) is 46.9 Å². The first-order chi connectivity index (χ1) is 10.9. The number of esters is 1. The molecule has 118 valence electrons. The van der Waals surface area contributed by atoms with E-state index in [0.29, 0.717) is 11.1 Å². The van der Waals surface area contributed by atoms with Gasteiger partial charge >= 0.3 is 12.1 Å². The molecule has 0 N–H and O–H groups in total. The minimum Gasteiger partial charge on any atom is -0.465 e. The molecule has 3 rings (SSSR count). The van der Waals surface area contributed by atoms with Crippen LogP contribution in [-0.4, -0.2) is 18.1 Å². The molecule has 0 aliphatic carbocycles. The van der Waals surface area contributed by atoms with Crippen molar-refractivity contribution < 1.29 is 27.1 Å². The molecule has 23 heavy (non-hydrogen) atoms. The van der Waals surface area contributed by atoms with Gasteiger partial charge in [0.05, 0.1) is 18.2 Å². The number of ether oxygens (including phenoxy) is 1. The van der Waals surface area contributed by atoms with Gasteiger partial charge in [-0.25, -0.2) is 9.78 Å². The zero-order valence-corrected chi connectivity index (χ0v) is 11.8. The fourth-order valence-electron chi connectivity index (χ4n) is 2.12. The number of rotatable bonds is 2. The summed E-state index contributed by atoms with van der Waals surface area (Å²) in [6, 6.07) is 9.18. The zero-order valence-electron chi connectivity index (χ0n) is 11.8. The number of oxazole rings is 1. The summed E-state index contributed by atoms with van der Waals surface area (Å²) in [4.78, 5) is 15.6. The number of fused-ring (bicyclic) bond motifs is 1. The summed E-state index contributed by atoms with van der Waals surface area (Å²) in [6.07, 6.45) is -4.44. The quantitative estimate of drug-likeness (QED) is 0.660. The van der Waals surface area contributed by atoms with Crippen LogP contribution in [0, 0.1) is 0 Å². The van der Waals surface area contributed by atoms with Crippen LogP contribution >= 0.6 is 0 Å². The van der Waals surface area contributed by atoms with Crippen LogP contribution in [-0.2, 0) is 10.9 Å². The predicted molar refractivity (Wildman–Crippen MR) is 75.8 cm³/mol. The second kappa shape index (κ2) is 5.42. The lowest BCUT2D eigenvalue weighted by molar-refractivity contribution is -0.137. The van der Waals surface area contributed by atoms with Crippen LogP contribution in [0.4, 0.5) is 13.2 Å². The zero-order chi connectivity index (χ0) is 16.6. The van der Waals surface area contributed by atoms with Gasteiger partial charge in [-0.05, 0) is 36.4 Å². The first-order valence-electron chi connectivity index (χ1n) is 6.55. The van der Waals surface area contributed by atoms with E-state index in [0.717, 1.165) is 12.1 Å². The molecule has 0 amide bonds. The number of alkyl halides is 3. The summed E-state index contributed by atoms with van der Waals surface area (Å²) < 4.78 is 48.4. The Kier molecular flexibility index (Phi) is 3.55. The van der Waals surface area contributed by atoms with Crippen molar-refractivity contribution in [2.75, 3.05) is 7.11 Å². The SMILES string of the molecule is COC(=O)c1ccc2nc(-c3cccc(C(F)(F)F)c3)oc2c1. The van der Waals surface area contributed by atoms with Gasteiger partial charge in [0.1, 0.15) is 5.52 Å². The largest absolute Gasteiger partial charge is 0.465 e. The van der Waals surface area contributed by atoms with Crippen molar-refractivity contribution in [3.8, 4) is 11.5 Å². The van der Waals surface area contributed by atoms with Crippen LogP contribution in [0.3, 0.4) is 0 Å². The monoisotopic (exact) mass is 321 g/mol. The number of aromatic nitrogens is 1. The number of hydrogen-bond acceptors (Lipinski definition) is 4. The lowest BCUT2D eigenvalue weighted by Crippen LogP contribution is -2.04. The molecule has 1 aromatic heterocycles. The van der Waals surface area contributed by atoms with Crippen LogP contribution in [0.25, 0.3) is 22.6 Å². The molecular weight excluding hydrogens is 311 g/mol. The van der Waals surface area contributed by atoms with Crippen molar-refractivity contribution in [3.63, 3.8) is 0 Å². The van der Waals surface area contributed by atoms with Gasteiger partial charge in [-0.1, -0.05) is 6.07 Å². The lowest BCUT2D eigenvalue weighted by atomic mass is 10.1. The number of carbonyl (C=O) groups is 1. The maximum absolute atomic E-state index is 12.8. The highest BCUT2D eigenvalue weighted by Crippen LogP contribution is 2.33. The fraction of sp³-hybridized carbons (Fsp3) is 0.125. The molecule has 0 saturated carbocycles. The van der Waals surface area contributed by atoms with Crippen molar-refractivity contribution in [2.24, 2.45) is 0 Å². The van der Waals surface area contributed by atoms with Gasteiger partial charge < -0.3 is 9.15 Å². The Labute approximate surface area is 128 Å². The molecule has 0 spiro atoms. The molecule has 0 radical (unpaired) electrons. The highest BCUT2D eigenvalue weighted by Gasteiger charge is 2.30. The van der Waals surface area contributed by atoms with E-state index in [4.69, 9.17) is 4.42 Å². The van der Waals surface area contributed by atoms with E-state index in [2.05, 4.69) is 9.72 Å². The van der Waals surface area contributed by atoms with E-state index >= 15 is 0 Å². The minimum absolute atomic E-state index is 0.0492. The van der Waals surface area contributed by atoms with Gasteiger partial charge in [0.25, 0.3) is 0 Å². The number of halogens is 3. The Bertz CT molecular complexity index is 884. The van der Waals surface area contributed by atoms with Gasteiger partial charge in [0, 0.05) is 5.56 Å². The molecule has 0 saturated heterocycles.